The molecule has 0 radical (unpaired) electrons. The summed E-state index contributed by atoms with van der Waals surface area (Å²) in [7, 11) is 0. The van der Waals surface area contributed by atoms with Crippen molar-refractivity contribution in [3.05, 3.63) is 33.8 Å². The molecule has 1 aromatic rings. The van der Waals surface area contributed by atoms with Gasteiger partial charge in [-0.25, -0.2) is 0 Å². The fourth-order valence-electron chi connectivity index (χ4n) is 2.80. The van der Waals surface area contributed by atoms with Crippen molar-refractivity contribution in [3.63, 3.8) is 0 Å². The summed E-state index contributed by atoms with van der Waals surface area (Å²) in [5, 5.41) is 1.29. The normalized spacial score (nSPS) is 26.1. The smallest absolute Gasteiger partial charge is 0.192 e. The number of benzene rings is 1. The lowest BCUT2D eigenvalue weighted by atomic mass is 10.1. The van der Waals surface area contributed by atoms with Gasteiger partial charge in [0.1, 0.15) is 0 Å². The molecule has 1 aromatic carbocycles. The molecule has 0 spiro atoms. The number of hydrogen-bond acceptors (Lipinski definition) is 4. The number of nitrogens with zero attached hydrogens (tertiary/aromatic N) is 2. The maximum atomic E-state index is 6.31. The van der Waals surface area contributed by atoms with E-state index in [9.17, 15) is 0 Å². The van der Waals surface area contributed by atoms with Crippen molar-refractivity contribution in [2.75, 3.05) is 19.7 Å². The molecule has 2 N–H and O–H groups in total. The highest BCUT2D eigenvalue weighted by Crippen LogP contribution is 2.33. The first-order valence-corrected chi connectivity index (χ1v) is 7.54. The van der Waals surface area contributed by atoms with E-state index in [-0.39, 0.29) is 12.1 Å². The van der Waals surface area contributed by atoms with Crippen molar-refractivity contribution in [3.8, 4) is 0 Å². The van der Waals surface area contributed by atoms with Crippen molar-refractivity contribution in [1.82, 2.24) is 4.90 Å². The van der Waals surface area contributed by atoms with Crippen LogP contribution in [0.1, 0.15) is 24.4 Å². The first-order valence-electron chi connectivity index (χ1n) is 6.78. The Labute approximate surface area is 128 Å². The average molecular weight is 314 g/mol. The molecule has 1 saturated heterocycles. The van der Waals surface area contributed by atoms with E-state index < -0.39 is 0 Å². The van der Waals surface area contributed by atoms with Gasteiger partial charge in [0, 0.05) is 23.2 Å². The standard InChI is InChI=1S/C14H17Cl2N3O/c15-9-3-4-11(12(16)6-9)13-7-18-14(17)19(13)8-10-2-1-5-20-10/h3-4,6,10,13H,1-2,5,7-8H2,(H2,17,18). The lowest BCUT2D eigenvalue weighted by Crippen LogP contribution is -2.41. The highest BCUT2D eigenvalue weighted by molar-refractivity contribution is 6.35. The van der Waals surface area contributed by atoms with Gasteiger partial charge in [0.2, 0.25) is 0 Å². The fourth-order valence-corrected chi connectivity index (χ4v) is 3.33. The van der Waals surface area contributed by atoms with E-state index in [1.165, 1.54) is 0 Å². The van der Waals surface area contributed by atoms with Crippen LogP contribution in [0.4, 0.5) is 0 Å². The molecule has 0 aromatic heterocycles. The second kappa shape index (κ2) is 5.80. The molecule has 2 unspecified atom stereocenters. The minimum atomic E-state index is 0.0731. The van der Waals surface area contributed by atoms with Crippen LogP contribution in [0, 0.1) is 0 Å². The van der Waals surface area contributed by atoms with Crippen molar-refractivity contribution >= 4 is 29.2 Å². The summed E-state index contributed by atoms with van der Waals surface area (Å²) >= 11 is 12.3. The van der Waals surface area contributed by atoms with E-state index in [0.717, 1.165) is 31.6 Å². The third-order valence-corrected chi connectivity index (χ3v) is 4.40. The Morgan fingerprint density at radius 2 is 2.25 bits per heavy atom. The third-order valence-electron chi connectivity index (χ3n) is 3.84. The molecule has 3 rings (SSSR count). The maximum absolute atomic E-state index is 6.31. The molecule has 2 atom stereocenters. The van der Waals surface area contributed by atoms with Crippen LogP contribution < -0.4 is 5.73 Å². The monoisotopic (exact) mass is 313 g/mol. The minimum Gasteiger partial charge on any atom is -0.376 e. The molecule has 108 valence electrons. The Bertz CT molecular complexity index is 529. The van der Waals surface area contributed by atoms with Gasteiger partial charge in [0.25, 0.3) is 0 Å². The number of aliphatic imine (C=N–C) groups is 1. The molecule has 6 heteroatoms. The van der Waals surface area contributed by atoms with E-state index in [1.807, 2.05) is 12.1 Å². The van der Waals surface area contributed by atoms with Gasteiger partial charge in [-0.2, -0.15) is 0 Å². The summed E-state index contributed by atoms with van der Waals surface area (Å²) in [5.74, 6) is 0.566. The number of ether oxygens (including phenoxy) is 1. The number of nitrogens with two attached hydrogens (primary N) is 1. The highest BCUT2D eigenvalue weighted by atomic mass is 35.5. The maximum Gasteiger partial charge on any atom is 0.192 e. The van der Waals surface area contributed by atoms with E-state index in [2.05, 4.69) is 9.89 Å². The number of hydrogen-bond donors (Lipinski definition) is 1. The summed E-state index contributed by atoms with van der Waals surface area (Å²) in [5.41, 5.74) is 7.03. The lowest BCUT2D eigenvalue weighted by Gasteiger charge is -2.29. The predicted molar refractivity (Wildman–Crippen MR) is 81.4 cm³/mol. The summed E-state index contributed by atoms with van der Waals surface area (Å²) in [4.78, 5) is 6.44. The van der Waals surface area contributed by atoms with Crippen LogP contribution >= 0.6 is 23.2 Å². The van der Waals surface area contributed by atoms with E-state index in [4.69, 9.17) is 33.7 Å². The Hall–Kier alpha value is -0.970. The number of guanidine groups is 1. The number of rotatable bonds is 3. The highest BCUT2D eigenvalue weighted by Gasteiger charge is 2.31. The van der Waals surface area contributed by atoms with Crippen LogP contribution in [0.15, 0.2) is 23.2 Å². The summed E-state index contributed by atoms with van der Waals surface area (Å²) in [6, 6.07) is 5.63. The Balaban J connectivity index is 1.80. The van der Waals surface area contributed by atoms with Gasteiger partial charge < -0.3 is 15.4 Å². The quantitative estimate of drug-likeness (QED) is 0.933. The zero-order valence-corrected chi connectivity index (χ0v) is 12.6. The van der Waals surface area contributed by atoms with Crippen LogP contribution in [-0.2, 0) is 4.74 Å². The Morgan fingerprint density at radius 3 is 2.95 bits per heavy atom. The van der Waals surface area contributed by atoms with Crippen LogP contribution in [0.3, 0.4) is 0 Å². The van der Waals surface area contributed by atoms with Gasteiger partial charge >= 0.3 is 0 Å². The summed E-state index contributed by atoms with van der Waals surface area (Å²) < 4.78 is 5.69. The second-order valence-corrected chi connectivity index (χ2v) is 6.01. The molecule has 0 saturated carbocycles. The molecule has 20 heavy (non-hydrogen) atoms. The van der Waals surface area contributed by atoms with Gasteiger partial charge in [0.15, 0.2) is 5.96 Å². The van der Waals surface area contributed by atoms with Gasteiger partial charge in [-0.1, -0.05) is 29.3 Å². The zero-order chi connectivity index (χ0) is 14.1. The van der Waals surface area contributed by atoms with E-state index >= 15 is 0 Å². The Morgan fingerprint density at radius 1 is 1.40 bits per heavy atom. The molecule has 0 amide bonds. The van der Waals surface area contributed by atoms with Crippen molar-refractivity contribution in [1.29, 1.82) is 0 Å². The molecule has 0 bridgehead atoms. The van der Waals surface area contributed by atoms with Crippen molar-refractivity contribution in [2.45, 2.75) is 25.0 Å². The topological polar surface area (TPSA) is 50.8 Å². The Kier molecular flexibility index (Phi) is 4.06. The average Bonchev–Trinajstić information content (AvgIpc) is 3.03. The largest absolute Gasteiger partial charge is 0.376 e. The molecular formula is C14H17Cl2N3O. The molecule has 2 aliphatic heterocycles. The van der Waals surface area contributed by atoms with Crippen molar-refractivity contribution < 1.29 is 4.74 Å². The summed E-state index contributed by atoms with van der Waals surface area (Å²) in [6.45, 7) is 2.22. The lowest BCUT2D eigenvalue weighted by molar-refractivity contribution is 0.0853. The number of halogens is 2. The zero-order valence-electron chi connectivity index (χ0n) is 11.1. The van der Waals surface area contributed by atoms with E-state index in [1.54, 1.807) is 6.07 Å². The predicted octanol–water partition coefficient (Wildman–Crippen LogP) is 2.84. The van der Waals surface area contributed by atoms with Crippen LogP contribution in [0.25, 0.3) is 0 Å². The first kappa shape index (κ1) is 14.0. The third kappa shape index (κ3) is 2.73. The minimum absolute atomic E-state index is 0.0731. The second-order valence-electron chi connectivity index (χ2n) is 5.17. The van der Waals surface area contributed by atoms with Gasteiger partial charge in [-0.05, 0) is 30.5 Å². The van der Waals surface area contributed by atoms with Gasteiger partial charge in [0.05, 0.1) is 18.7 Å². The molecule has 2 aliphatic rings. The molecule has 2 heterocycles. The van der Waals surface area contributed by atoms with Crippen LogP contribution in [0.2, 0.25) is 10.0 Å². The van der Waals surface area contributed by atoms with Gasteiger partial charge in [-0.3, -0.25) is 4.99 Å². The molecule has 1 fully saturated rings. The van der Waals surface area contributed by atoms with E-state index in [0.29, 0.717) is 22.5 Å². The molecule has 0 aliphatic carbocycles. The fraction of sp³-hybridized carbons (Fsp3) is 0.500. The summed E-state index contributed by atoms with van der Waals surface area (Å²) in [6.07, 6.45) is 2.42. The van der Waals surface area contributed by atoms with Crippen molar-refractivity contribution in [2.24, 2.45) is 10.7 Å². The SMILES string of the molecule is NC1=NCC(c2ccc(Cl)cc2Cl)N1CC1CCCO1. The van der Waals surface area contributed by atoms with Crippen LogP contribution in [0.5, 0.6) is 0 Å². The molecular weight excluding hydrogens is 297 g/mol. The van der Waals surface area contributed by atoms with Crippen LogP contribution in [-0.4, -0.2) is 36.7 Å². The first-order chi connectivity index (χ1) is 9.65. The molecule has 4 nitrogen and oxygen atoms in total. The van der Waals surface area contributed by atoms with Gasteiger partial charge in [-0.15, -0.1) is 0 Å².